The molecule has 3 aliphatic rings. The zero-order chi connectivity index (χ0) is 20.6. The van der Waals surface area contributed by atoms with Crippen LogP contribution >= 0.6 is 0 Å². The molecule has 9 heteroatoms. The average molecular weight is 404 g/mol. The van der Waals surface area contributed by atoms with Crippen LogP contribution in [0.1, 0.15) is 30.4 Å². The Bertz CT molecular complexity index is 1100. The molecule has 0 saturated heterocycles. The standard InChI is InChI=1S/C20H19F3N4O2/c1-11-3-12(20(21,22)23)4-15(28)16(11)13-5-24-14-6-27(26-17(14)25-13)19-7-18(8-19,9-19)10-29-2/h3-6,28H,7-10H2,1-2H3. The third-order valence-corrected chi connectivity index (χ3v) is 6.18. The molecular weight excluding hydrogens is 385 g/mol. The van der Waals surface area contributed by atoms with Gasteiger partial charge in [0.25, 0.3) is 0 Å². The lowest BCUT2D eigenvalue weighted by Gasteiger charge is -2.69. The summed E-state index contributed by atoms with van der Waals surface area (Å²) in [6.07, 6.45) is 1.81. The Morgan fingerprint density at radius 2 is 1.97 bits per heavy atom. The number of hydrogen-bond acceptors (Lipinski definition) is 5. The van der Waals surface area contributed by atoms with E-state index in [1.165, 1.54) is 13.1 Å². The molecule has 1 N–H and O–H groups in total. The highest BCUT2D eigenvalue weighted by molar-refractivity contribution is 5.77. The van der Waals surface area contributed by atoms with Crippen molar-refractivity contribution in [3.05, 3.63) is 35.7 Å². The van der Waals surface area contributed by atoms with Crippen LogP contribution in [0, 0.1) is 12.3 Å². The molecule has 3 aliphatic carbocycles. The van der Waals surface area contributed by atoms with E-state index >= 15 is 0 Å². The van der Waals surface area contributed by atoms with Gasteiger partial charge in [-0.2, -0.15) is 18.3 Å². The number of phenolic OH excluding ortho intramolecular Hbond substituents is 1. The number of ether oxygens (including phenoxy) is 1. The molecule has 0 amide bonds. The maximum atomic E-state index is 13.0. The van der Waals surface area contributed by atoms with Crippen molar-refractivity contribution in [3.8, 4) is 17.0 Å². The minimum absolute atomic E-state index is 0.00646. The van der Waals surface area contributed by atoms with E-state index in [0.717, 1.165) is 31.9 Å². The van der Waals surface area contributed by atoms with Crippen molar-refractivity contribution in [2.24, 2.45) is 5.41 Å². The first-order valence-corrected chi connectivity index (χ1v) is 9.28. The highest BCUT2D eigenvalue weighted by Crippen LogP contribution is 2.71. The van der Waals surface area contributed by atoms with Crippen molar-refractivity contribution in [1.82, 2.24) is 19.7 Å². The van der Waals surface area contributed by atoms with Gasteiger partial charge < -0.3 is 9.84 Å². The smallest absolute Gasteiger partial charge is 0.416 e. The first-order chi connectivity index (χ1) is 13.6. The maximum Gasteiger partial charge on any atom is 0.416 e. The number of hydrogen-bond donors (Lipinski definition) is 1. The zero-order valence-electron chi connectivity index (χ0n) is 15.9. The molecule has 0 radical (unpaired) electrons. The van der Waals surface area contributed by atoms with E-state index < -0.39 is 17.5 Å². The van der Waals surface area contributed by atoms with E-state index in [2.05, 4.69) is 15.1 Å². The van der Waals surface area contributed by atoms with E-state index in [1.807, 2.05) is 10.9 Å². The van der Waals surface area contributed by atoms with Crippen LogP contribution < -0.4 is 0 Å². The Morgan fingerprint density at radius 3 is 2.59 bits per heavy atom. The number of alkyl halides is 3. The van der Waals surface area contributed by atoms with E-state index in [4.69, 9.17) is 4.74 Å². The first kappa shape index (κ1) is 18.4. The summed E-state index contributed by atoms with van der Waals surface area (Å²) in [5, 5.41) is 14.8. The van der Waals surface area contributed by atoms with Crippen LogP contribution in [-0.4, -0.2) is 38.6 Å². The number of methoxy groups -OCH3 is 1. The van der Waals surface area contributed by atoms with Gasteiger partial charge in [-0.05, 0) is 43.9 Å². The van der Waals surface area contributed by atoms with Crippen molar-refractivity contribution >= 4 is 11.2 Å². The first-order valence-electron chi connectivity index (χ1n) is 9.28. The van der Waals surface area contributed by atoms with Crippen molar-refractivity contribution in [2.45, 2.75) is 37.9 Å². The number of fused-ring (bicyclic) bond motifs is 1. The number of benzene rings is 1. The summed E-state index contributed by atoms with van der Waals surface area (Å²) in [5.41, 5.74) is 1.17. The van der Waals surface area contributed by atoms with Gasteiger partial charge in [0, 0.05) is 18.1 Å². The van der Waals surface area contributed by atoms with E-state index in [0.29, 0.717) is 22.9 Å². The molecule has 2 aromatic heterocycles. The predicted octanol–water partition coefficient (Wildman–Crippen LogP) is 4.05. The monoisotopic (exact) mass is 404 g/mol. The SMILES string of the molecule is COCC12CC(n3cc4ncc(-c5c(C)cc(C(F)(F)F)cc5O)nc4n3)(C1)C2. The molecule has 6 nitrogen and oxygen atoms in total. The molecule has 1 aromatic carbocycles. The van der Waals surface area contributed by atoms with Gasteiger partial charge in [0.05, 0.1) is 35.8 Å². The molecule has 0 atom stereocenters. The minimum atomic E-state index is -4.53. The van der Waals surface area contributed by atoms with Gasteiger partial charge in [-0.3, -0.25) is 4.68 Å². The van der Waals surface area contributed by atoms with E-state index in [1.54, 1.807) is 7.11 Å². The lowest BCUT2D eigenvalue weighted by Crippen LogP contribution is -2.69. The molecule has 6 rings (SSSR count). The third-order valence-electron chi connectivity index (χ3n) is 6.18. The number of nitrogens with zero attached hydrogens (tertiary/aromatic N) is 4. The van der Waals surface area contributed by atoms with Crippen LogP contribution in [-0.2, 0) is 16.5 Å². The van der Waals surface area contributed by atoms with Crippen LogP contribution in [0.2, 0.25) is 0 Å². The largest absolute Gasteiger partial charge is 0.507 e. The van der Waals surface area contributed by atoms with E-state index in [-0.39, 0.29) is 22.1 Å². The fourth-order valence-electron chi connectivity index (χ4n) is 5.07. The normalized spacial score (nSPS) is 25.7. The van der Waals surface area contributed by atoms with Crippen LogP contribution in [0.25, 0.3) is 22.4 Å². The Morgan fingerprint density at radius 1 is 1.24 bits per heavy atom. The van der Waals surface area contributed by atoms with Gasteiger partial charge in [-0.1, -0.05) is 0 Å². The van der Waals surface area contributed by atoms with Gasteiger partial charge in [0.15, 0.2) is 5.65 Å². The number of halogens is 3. The topological polar surface area (TPSA) is 73.1 Å². The molecule has 152 valence electrons. The number of aromatic nitrogens is 4. The molecule has 3 fully saturated rings. The van der Waals surface area contributed by atoms with Crippen molar-refractivity contribution < 1.29 is 23.0 Å². The van der Waals surface area contributed by atoms with Gasteiger partial charge in [0.2, 0.25) is 0 Å². The summed E-state index contributed by atoms with van der Waals surface area (Å²) in [6.45, 7) is 2.26. The summed E-state index contributed by atoms with van der Waals surface area (Å²) in [5.74, 6) is -0.480. The highest BCUT2D eigenvalue weighted by atomic mass is 19.4. The summed E-state index contributed by atoms with van der Waals surface area (Å²) >= 11 is 0. The number of rotatable bonds is 4. The van der Waals surface area contributed by atoms with Gasteiger partial charge >= 0.3 is 6.18 Å². The molecule has 0 spiro atoms. The van der Waals surface area contributed by atoms with Gasteiger partial charge in [-0.15, -0.1) is 0 Å². The molecule has 2 bridgehead atoms. The number of aromatic hydroxyl groups is 1. The molecule has 0 unspecified atom stereocenters. The zero-order valence-corrected chi connectivity index (χ0v) is 15.9. The Labute approximate surface area is 164 Å². The molecule has 3 saturated carbocycles. The lowest BCUT2D eigenvalue weighted by atomic mass is 9.39. The maximum absolute atomic E-state index is 13.0. The summed E-state index contributed by atoms with van der Waals surface area (Å²) in [7, 11) is 1.71. The fourth-order valence-corrected chi connectivity index (χ4v) is 5.07. The molecule has 3 aromatic rings. The molecule has 2 heterocycles. The summed E-state index contributed by atoms with van der Waals surface area (Å²) < 4.78 is 46.1. The summed E-state index contributed by atoms with van der Waals surface area (Å²) in [4.78, 5) is 8.83. The Balaban J connectivity index is 1.49. The second-order valence-electron chi connectivity index (χ2n) is 8.41. The molecule has 29 heavy (non-hydrogen) atoms. The Kier molecular flexibility index (Phi) is 3.60. The fraction of sp³-hybridized carbons (Fsp3) is 0.450. The van der Waals surface area contributed by atoms with Gasteiger partial charge in [-0.25, -0.2) is 9.97 Å². The highest BCUT2D eigenvalue weighted by Gasteiger charge is 2.69. The van der Waals surface area contributed by atoms with Crippen molar-refractivity contribution in [3.63, 3.8) is 0 Å². The minimum Gasteiger partial charge on any atom is -0.507 e. The van der Waals surface area contributed by atoms with Crippen molar-refractivity contribution in [2.75, 3.05) is 13.7 Å². The number of aryl methyl sites for hydroxylation is 1. The predicted molar refractivity (Wildman–Crippen MR) is 98.3 cm³/mol. The van der Waals surface area contributed by atoms with Crippen LogP contribution in [0.15, 0.2) is 24.5 Å². The van der Waals surface area contributed by atoms with Crippen LogP contribution in [0.5, 0.6) is 5.75 Å². The lowest BCUT2D eigenvalue weighted by molar-refractivity contribution is -0.217. The third kappa shape index (κ3) is 2.63. The van der Waals surface area contributed by atoms with Crippen LogP contribution in [0.4, 0.5) is 13.2 Å². The van der Waals surface area contributed by atoms with Crippen LogP contribution in [0.3, 0.4) is 0 Å². The van der Waals surface area contributed by atoms with Gasteiger partial charge in [0.1, 0.15) is 11.3 Å². The summed E-state index contributed by atoms with van der Waals surface area (Å²) in [6, 6.07) is 1.71. The quantitative estimate of drug-likeness (QED) is 0.710. The average Bonchev–Trinajstić information content (AvgIpc) is 2.98. The Hall–Kier alpha value is -2.68. The van der Waals surface area contributed by atoms with Crippen molar-refractivity contribution in [1.29, 1.82) is 0 Å². The van der Waals surface area contributed by atoms with E-state index in [9.17, 15) is 18.3 Å². The molecular formula is C20H19F3N4O2. The molecule has 0 aliphatic heterocycles. The second kappa shape index (κ2) is 5.69. The second-order valence-corrected chi connectivity index (χ2v) is 8.41. The number of phenols is 1.